The molecule has 2 N–H and O–H groups in total. The van der Waals surface area contributed by atoms with Crippen molar-refractivity contribution in [1.82, 2.24) is 10.6 Å². The Balaban J connectivity index is 2.03. The lowest BCUT2D eigenvalue weighted by Crippen LogP contribution is -2.41. The Bertz CT molecular complexity index is 964. The largest absolute Gasteiger partial charge is 0.489 e. The van der Waals surface area contributed by atoms with E-state index in [1.54, 1.807) is 12.1 Å². The Hall–Kier alpha value is -2.68. The molecule has 2 rings (SSSR count). The molecule has 0 aliphatic carbocycles. The van der Waals surface area contributed by atoms with Gasteiger partial charge in [0.25, 0.3) is 0 Å². The summed E-state index contributed by atoms with van der Waals surface area (Å²) >= 11 is 0. The molecule has 2 aromatic carbocycles. The molecule has 0 fully saturated rings. The lowest BCUT2D eigenvalue weighted by Gasteiger charge is -2.18. The highest BCUT2D eigenvalue weighted by Crippen LogP contribution is 2.16. The predicted molar refractivity (Wildman–Crippen MR) is 114 cm³/mol. The maximum atomic E-state index is 13.7. The van der Waals surface area contributed by atoms with E-state index in [4.69, 9.17) is 4.74 Å². The van der Waals surface area contributed by atoms with Gasteiger partial charge in [-0.25, -0.2) is 22.2 Å². The van der Waals surface area contributed by atoms with Gasteiger partial charge in [-0.1, -0.05) is 6.07 Å². The summed E-state index contributed by atoms with van der Waals surface area (Å²) in [4.78, 5) is 4.43. The van der Waals surface area contributed by atoms with E-state index in [1.165, 1.54) is 30.3 Å². The zero-order valence-electron chi connectivity index (χ0n) is 17.3. The topological polar surface area (TPSA) is 79.8 Å². The number of benzene rings is 2. The van der Waals surface area contributed by atoms with Crippen LogP contribution in [0.3, 0.4) is 0 Å². The van der Waals surface area contributed by atoms with Crippen LogP contribution in [0.2, 0.25) is 0 Å². The second-order valence-electron chi connectivity index (χ2n) is 6.94. The maximum Gasteiger partial charge on any atom is 0.191 e. The van der Waals surface area contributed by atoms with Crippen molar-refractivity contribution in [3.8, 4) is 5.75 Å². The number of nitrogens with one attached hydrogen (secondary N) is 2. The Kier molecular flexibility index (Phi) is 8.58. The number of ether oxygens (including phenoxy) is 1. The highest BCUT2D eigenvalue weighted by Gasteiger charge is 2.11. The fourth-order valence-corrected chi connectivity index (χ4v) is 3.55. The third kappa shape index (κ3) is 8.36. The van der Waals surface area contributed by atoms with Crippen LogP contribution in [0.15, 0.2) is 47.5 Å². The highest BCUT2D eigenvalue weighted by molar-refractivity contribution is 7.89. The Morgan fingerprint density at radius 3 is 2.37 bits per heavy atom. The Morgan fingerprint density at radius 1 is 1.07 bits per heavy atom. The maximum absolute atomic E-state index is 13.7. The second-order valence-corrected chi connectivity index (χ2v) is 9.08. The van der Waals surface area contributed by atoms with Crippen LogP contribution in [0.5, 0.6) is 5.75 Å². The van der Waals surface area contributed by atoms with Gasteiger partial charge in [-0.05, 0) is 61.4 Å². The highest BCUT2D eigenvalue weighted by atomic mass is 32.2. The van der Waals surface area contributed by atoms with Crippen LogP contribution >= 0.6 is 0 Å². The van der Waals surface area contributed by atoms with Gasteiger partial charge < -0.3 is 15.4 Å². The van der Waals surface area contributed by atoms with Crippen molar-refractivity contribution in [2.24, 2.45) is 4.99 Å². The third-order valence-corrected chi connectivity index (χ3v) is 4.88. The molecule has 164 valence electrons. The van der Waals surface area contributed by atoms with E-state index in [2.05, 4.69) is 15.6 Å². The number of sulfone groups is 1. The molecule has 0 bridgehead atoms. The summed E-state index contributed by atoms with van der Waals surface area (Å²) in [6.07, 6.45) is 0.909. The normalized spacial score (nSPS) is 13.0. The van der Waals surface area contributed by atoms with Crippen LogP contribution in [-0.4, -0.2) is 39.8 Å². The number of halogens is 2. The monoisotopic (exact) mass is 439 g/mol. The molecule has 9 heteroatoms. The zero-order valence-corrected chi connectivity index (χ0v) is 18.1. The molecule has 1 atom stereocenters. The van der Waals surface area contributed by atoms with Gasteiger partial charge in [0, 0.05) is 12.8 Å². The number of nitrogens with zero attached hydrogens (tertiary/aromatic N) is 1. The van der Waals surface area contributed by atoms with Gasteiger partial charge in [0.1, 0.15) is 23.5 Å². The van der Waals surface area contributed by atoms with Crippen molar-refractivity contribution < 1.29 is 21.9 Å². The Labute approximate surface area is 176 Å². The number of hydrogen-bond acceptors (Lipinski definition) is 4. The molecule has 0 aliphatic heterocycles. The number of aliphatic imine (C=N–C) groups is 1. The molecule has 0 saturated carbocycles. The first-order valence-electron chi connectivity index (χ1n) is 9.55. The fraction of sp³-hybridized carbons (Fsp3) is 0.381. The summed E-state index contributed by atoms with van der Waals surface area (Å²) in [5.74, 6) is 0.0865. The van der Waals surface area contributed by atoms with Crippen molar-refractivity contribution in [3.05, 3.63) is 65.2 Å². The predicted octanol–water partition coefficient (Wildman–Crippen LogP) is 3.03. The summed E-state index contributed by atoms with van der Waals surface area (Å²) in [5.41, 5.74) is 1.03. The summed E-state index contributed by atoms with van der Waals surface area (Å²) in [6.45, 7) is 4.91. The first kappa shape index (κ1) is 23.6. The first-order valence-corrected chi connectivity index (χ1v) is 11.6. The molecule has 6 nitrogen and oxygen atoms in total. The molecule has 0 saturated heterocycles. The quantitative estimate of drug-likeness (QED) is 0.464. The smallest absolute Gasteiger partial charge is 0.191 e. The van der Waals surface area contributed by atoms with Crippen molar-refractivity contribution in [1.29, 1.82) is 0 Å². The summed E-state index contributed by atoms with van der Waals surface area (Å²) in [5, 5.41) is 6.22. The van der Waals surface area contributed by atoms with Crippen molar-refractivity contribution in [3.63, 3.8) is 0 Å². The van der Waals surface area contributed by atoms with Gasteiger partial charge in [0.2, 0.25) is 0 Å². The summed E-state index contributed by atoms with van der Waals surface area (Å²) in [6, 6.07) is 9.78. The lowest BCUT2D eigenvalue weighted by molar-refractivity contribution is 0.223. The molecular formula is C21H27F2N3O3S. The zero-order chi connectivity index (χ0) is 22.1. The van der Waals surface area contributed by atoms with E-state index in [-0.39, 0.29) is 24.2 Å². The minimum Gasteiger partial charge on any atom is -0.489 e. The molecule has 0 amide bonds. The van der Waals surface area contributed by atoms with Gasteiger partial charge >= 0.3 is 0 Å². The van der Waals surface area contributed by atoms with Crippen LogP contribution in [0, 0.1) is 11.6 Å². The summed E-state index contributed by atoms with van der Waals surface area (Å²) < 4.78 is 55.6. The van der Waals surface area contributed by atoms with Gasteiger partial charge in [-0.15, -0.1) is 0 Å². The molecule has 0 radical (unpaired) electrons. The average molecular weight is 440 g/mol. The summed E-state index contributed by atoms with van der Waals surface area (Å²) in [7, 11) is -3.26. The van der Waals surface area contributed by atoms with Crippen LogP contribution in [0.25, 0.3) is 0 Å². The molecule has 0 aliphatic rings. The van der Waals surface area contributed by atoms with Gasteiger partial charge in [0.05, 0.1) is 18.8 Å². The van der Waals surface area contributed by atoms with E-state index in [1.807, 2.05) is 13.8 Å². The molecule has 2 aromatic rings. The van der Waals surface area contributed by atoms with Crippen LogP contribution in [0.4, 0.5) is 8.78 Å². The lowest BCUT2D eigenvalue weighted by atomic mass is 10.1. The molecule has 30 heavy (non-hydrogen) atoms. The van der Waals surface area contributed by atoms with Crippen molar-refractivity contribution in [2.75, 3.05) is 19.3 Å². The molecule has 0 spiro atoms. The van der Waals surface area contributed by atoms with Crippen molar-refractivity contribution >= 4 is 15.8 Å². The number of hydrogen-bond donors (Lipinski definition) is 2. The third-order valence-electron chi connectivity index (χ3n) is 4.05. The van der Waals surface area contributed by atoms with Gasteiger partial charge in [0.15, 0.2) is 15.8 Å². The van der Waals surface area contributed by atoms with E-state index < -0.39 is 15.7 Å². The van der Waals surface area contributed by atoms with Crippen LogP contribution < -0.4 is 15.4 Å². The molecule has 0 heterocycles. The van der Waals surface area contributed by atoms with E-state index in [0.29, 0.717) is 35.9 Å². The Morgan fingerprint density at radius 2 is 1.73 bits per heavy atom. The minimum absolute atomic E-state index is 0.116. The van der Waals surface area contributed by atoms with Gasteiger partial charge in [-0.2, -0.15) is 0 Å². The average Bonchev–Trinajstić information content (AvgIpc) is 2.66. The second kappa shape index (κ2) is 10.9. The van der Waals surface area contributed by atoms with E-state index >= 15 is 0 Å². The van der Waals surface area contributed by atoms with Crippen molar-refractivity contribution in [2.45, 2.75) is 32.2 Å². The number of guanidine groups is 1. The first-order chi connectivity index (χ1) is 14.2. The molecule has 1 unspecified atom stereocenters. The molecule has 0 aromatic heterocycles. The van der Waals surface area contributed by atoms with Gasteiger partial charge in [-0.3, -0.25) is 0 Å². The minimum atomic E-state index is -3.26. The van der Waals surface area contributed by atoms with Crippen LogP contribution in [0.1, 0.15) is 25.0 Å². The molecular weight excluding hydrogens is 412 g/mol. The SMILES string of the molecule is CCNC(=NCc1cc(F)ccc1CS(C)(=O)=O)NCC(C)Oc1ccc(F)cc1. The number of rotatable bonds is 9. The van der Waals surface area contributed by atoms with E-state index in [9.17, 15) is 17.2 Å². The standard InChI is InChI=1S/C21H27F2N3O3S/c1-4-24-21(25-12-15(2)29-20-9-7-18(22)8-10-20)26-13-17-11-19(23)6-5-16(17)14-30(3,27)28/h5-11,15H,4,12-14H2,1-3H3,(H2,24,25,26). The van der Waals surface area contributed by atoms with E-state index in [0.717, 1.165) is 6.26 Å². The van der Waals surface area contributed by atoms with Crippen LogP contribution in [-0.2, 0) is 22.1 Å². The fourth-order valence-electron chi connectivity index (χ4n) is 2.70.